The van der Waals surface area contributed by atoms with Crippen molar-refractivity contribution in [1.29, 1.82) is 0 Å². The Morgan fingerprint density at radius 3 is 1.88 bits per heavy atom. The van der Waals surface area contributed by atoms with E-state index in [1.54, 1.807) is 0 Å². The number of nitrogens with one attached hydrogen (secondary N) is 2. The molecule has 0 saturated carbocycles. The fourth-order valence-corrected chi connectivity index (χ4v) is 1.94. The maximum Gasteiger partial charge on any atom is 0.251 e. The molecule has 0 saturated heterocycles. The molecule has 0 radical (unpaired) electrons. The summed E-state index contributed by atoms with van der Waals surface area (Å²) in [6, 6.07) is 7.85. The molecule has 0 bridgehead atoms. The number of aromatic hydroxyl groups is 4. The number of hydrogen-bond donors (Lipinski definition) is 6. The summed E-state index contributed by atoms with van der Waals surface area (Å²) in [6.07, 6.45) is 0. The summed E-state index contributed by atoms with van der Waals surface area (Å²) in [4.78, 5) is 23.7. The van der Waals surface area contributed by atoms with Crippen LogP contribution in [0, 0.1) is 0 Å². The van der Waals surface area contributed by atoms with Crippen LogP contribution in [-0.2, 0) is 0 Å². The van der Waals surface area contributed by atoms with Gasteiger partial charge in [0.1, 0.15) is 5.75 Å². The lowest BCUT2D eigenvalue weighted by molar-refractivity contribution is 0.0927. The summed E-state index contributed by atoms with van der Waals surface area (Å²) in [5.74, 6) is -2.95. The Bertz CT molecular complexity index is 752. The van der Waals surface area contributed by atoms with E-state index in [1.165, 1.54) is 24.3 Å². The standard InChI is InChI=1S/C16H16N2O6/c19-11-3-1-2-9(6-11)15(23)17-4-5-18-16(24)10-7-12(20)14(22)13(21)8-10/h1-3,6-8,19-22H,4-5H2,(H,17,23)(H,18,24). The second-order valence-electron chi connectivity index (χ2n) is 4.93. The topological polar surface area (TPSA) is 139 Å². The predicted molar refractivity (Wildman–Crippen MR) is 84.2 cm³/mol. The quantitative estimate of drug-likeness (QED) is 0.351. The number of amides is 2. The van der Waals surface area contributed by atoms with Crippen LogP contribution in [0.1, 0.15) is 20.7 Å². The van der Waals surface area contributed by atoms with E-state index in [0.29, 0.717) is 0 Å². The number of benzene rings is 2. The number of phenolic OH excluding ortho intramolecular Hbond substituents is 4. The van der Waals surface area contributed by atoms with Gasteiger partial charge in [0.2, 0.25) is 0 Å². The van der Waals surface area contributed by atoms with E-state index in [-0.39, 0.29) is 30.0 Å². The monoisotopic (exact) mass is 332 g/mol. The third-order valence-electron chi connectivity index (χ3n) is 3.14. The second kappa shape index (κ2) is 7.23. The molecule has 2 aromatic rings. The van der Waals surface area contributed by atoms with Crippen molar-refractivity contribution in [2.75, 3.05) is 13.1 Å². The van der Waals surface area contributed by atoms with Crippen molar-refractivity contribution in [3.8, 4) is 23.0 Å². The Balaban J connectivity index is 1.84. The highest BCUT2D eigenvalue weighted by Gasteiger charge is 2.13. The molecule has 8 nitrogen and oxygen atoms in total. The van der Waals surface area contributed by atoms with Gasteiger partial charge >= 0.3 is 0 Å². The molecule has 0 unspecified atom stereocenters. The maximum absolute atomic E-state index is 11.9. The van der Waals surface area contributed by atoms with Crippen LogP contribution in [0.15, 0.2) is 36.4 Å². The van der Waals surface area contributed by atoms with Crippen molar-refractivity contribution >= 4 is 11.8 Å². The van der Waals surface area contributed by atoms with Crippen LogP contribution >= 0.6 is 0 Å². The predicted octanol–water partition coefficient (Wildman–Crippen LogP) is 0.669. The summed E-state index contributed by atoms with van der Waals surface area (Å²) in [5.41, 5.74) is 0.247. The third kappa shape index (κ3) is 4.07. The van der Waals surface area contributed by atoms with Crippen LogP contribution in [-0.4, -0.2) is 45.3 Å². The molecule has 0 heterocycles. The summed E-state index contributed by atoms with van der Waals surface area (Å²) in [6.45, 7) is 0.238. The van der Waals surface area contributed by atoms with Gasteiger partial charge in [0.05, 0.1) is 0 Å². The molecular weight excluding hydrogens is 316 g/mol. The zero-order valence-electron chi connectivity index (χ0n) is 12.5. The first-order valence-electron chi connectivity index (χ1n) is 6.99. The molecule has 8 heteroatoms. The molecule has 0 aliphatic heterocycles. The van der Waals surface area contributed by atoms with Crippen molar-refractivity contribution in [3.05, 3.63) is 47.5 Å². The molecule has 6 N–H and O–H groups in total. The molecule has 0 aliphatic rings. The van der Waals surface area contributed by atoms with E-state index in [2.05, 4.69) is 10.6 Å². The highest BCUT2D eigenvalue weighted by molar-refractivity contribution is 5.96. The summed E-state index contributed by atoms with van der Waals surface area (Å²) in [7, 11) is 0. The van der Waals surface area contributed by atoms with E-state index < -0.39 is 29.1 Å². The maximum atomic E-state index is 11.9. The molecule has 2 amide bonds. The number of hydrogen-bond acceptors (Lipinski definition) is 6. The first-order valence-corrected chi connectivity index (χ1v) is 6.99. The Kier molecular flexibility index (Phi) is 5.10. The van der Waals surface area contributed by atoms with Crippen LogP contribution in [0.25, 0.3) is 0 Å². The number of carbonyl (C=O) groups excluding carboxylic acids is 2. The van der Waals surface area contributed by atoms with Gasteiger partial charge < -0.3 is 31.1 Å². The van der Waals surface area contributed by atoms with Gasteiger partial charge in [-0.05, 0) is 30.3 Å². The van der Waals surface area contributed by atoms with E-state index in [1.807, 2.05) is 0 Å². The van der Waals surface area contributed by atoms with Gasteiger partial charge in [0.15, 0.2) is 17.2 Å². The number of rotatable bonds is 5. The molecule has 0 aromatic heterocycles. The van der Waals surface area contributed by atoms with Crippen LogP contribution in [0.4, 0.5) is 0 Å². The minimum Gasteiger partial charge on any atom is -0.508 e. The van der Waals surface area contributed by atoms with Crippen LogP contribution in [0.3, 0.4) is 0 Å². The molecule has 126 valence electrons. The smallest absolute Gasteiger partial charge is 0.251 e. The Morgan fingerprint density at radius 2 is 1.33 bits per heavy atom. The molecule has 0 aliphatic carbocycles. The van der Waals surface area contributed by atoms with Crippen molar-refractivity contribution < 1.29 is 30.0 Å². The van der Waals surface area contributed by atoms with Crippen LogP contribution < -0.4 is 10.6 Å². The average molecular weight is 332 g/mol. The second-order valence-corrected chi connectivity index (χ2v) is 4.93. The highest BCUT2D eigenvalue weighted by Crippen LogP contribution is 2.35. The van der Waals surface area contributed by atoms with Gasteiger partial charge in [-0.15, -0.1) is 0 Å². The van der Waals surface area contributed by atoms with Crippen LogP contribution in [0.5, 0.6) is 23.0 Å². The summed E-state index contributed by atoms with van der Waals surface area (Å²) in [5, 5.41) is 42.3. The van der Waals surface area contributed by atoms with E-state index >= 15 is 0 Å². The van der Waals surface area contributed by atoms with E-state index in [0.717, 1.165) is 12.1 Å². The Labute approximate surface area is 137 Å². The van der Waals surface area contributed by atoms with Gasteiger partial charge in [0.25, 0.3) is 11.8 Å². The van der Waals surface area contributed by atoms with Crippen molar-refractivity contribution in [3.63, 3.8) is 0 Å². The Morgan fingerprint density at radius 1 is 0.792 bits per heavy atom. The minimum absolute atomic E-state index is 0.0251. The summed E-state index contributed by atoms with van der Waals surface area (Å²) < 4.78 is 0. The van der Waals surface area contributed by atoms with Gasteiger partial charge in [-0.25, -0.2) is 0 Å². The lowest BCUT2D eigenvalue weighted by Gasteiger charge is -2.09. The third-order valence-corrected chi connectivity index (χ3v) is 3.14. The molecule has 24 heavy (non-hydrogen) atoms. The average Bonchev–Trinajstić information content (AvgIpc) is 2.55. The Hall–Kier alpha value is -3.42. The van der Waals surface area contributed by atoms with E-state index in [9.17, 15) is 30.0 Å². The first-order chi connectivity index (χ1) is 11.4. The highest BCUT2D eigenvalue weighted by atomic mass is 16.3. The largest absolute Gasteiger partial charge is 0.508 e. The molecule has 0 atom stereocenters. The van der Waals surface area contributed by atoms with Crippen molar-refractivity contribution in [2.24, 2.45) is 0 Å². The SMILES string of the molecule is O=C(NCCNC(=O)c1cc(O)c(O)c(O)c1)c1cccc(O)c1. The molecule has 2 rings (SSSR count). The van der Waals surface area contributed by atoms with Gasteiger partial charge in [0, 0.05) is 24.2 Å². The number of phenols is 4. The zero-order chi connectivity index (χ0) is 17.7. The minimum atomic E-state index is -0.704. The molecule has 0 spiro atoms. The van der Waals surface area contributed by atoms with Gasteiger partial charge in [-0.2, -0.15) is 0 Å². The zero-order valence-corrected chi connectivity index (χ0v) is 12.5. The van der Waals surface area contributed by atoms with Crippen LogP contribution in [0.2, 0.25) is 0 Å². The summed E-state index contributed by atoms with van der Waals surface area (Å²) >= 11 is 0. The molecular formula is C16H16N2O6. The fourth-order valence-electron chi connectivity index (χ4n) is 1.94. The van der Waals surface area contributed by atoms with Gasteiger partial charge in [-0.3, -0.25) is 9.59 Å². The fraction of sp³-hybridized carbons (Fsp3) is 0.125. The lowest BCUT2D eigenvalue weighted by atomic mass is 10.1. The first kappa shape index (κ1) is 16.9. The van der Waals surface area contributed by atoms with Crippen molar-refractivity contribution in [1.82, 2.24) is 10.6 Å². The molecule has 2 aromatic carbocycles. The van der Waals surface area contributed by atoms with E-state index in [4.69, 9.17) is 0 Å². The number of carbonyl (C=O) groups is 2. The van der Waals surface area contributed by atoms with Gasteiger partial charge in [-0.1, -0.05) is 6.07 Å². The lowest BCUT2D eigenvalue weighted by Crippen LogP contribution is -2.34. The molecule has 0 fully saturated rings. The normalized spacial score (nSPS) is 10.2. The van der Waals surface area contributed by atoms with Crippen molar-refractivity contribution in [2.45, 2.75) is 0 Å².